The number of nitrogens with zero attached hydrogens (tertiary/aromatic N) is 3. The Bertz CT molecular complexity index is 940. The highest BCUT2D eigenvalue weighted by molar-refractivity contribution is 7.99. The lowest BCUT2D eigenvalue weighted by Crippen LogP contribution is -2.10. The molecule has 0 fully saturated rings. The molecule has 26 heavy (non-hydrogen) atoms. The Morgan fingerprint density at radius 1 is 1.08 bits per heavy atom. The summed E-state index contributed by atoms with van der Waals surface area (Å²) in [5, 5.41) is 15.2. The predicted octanol–water partition coefficient (Wildman–Crippen LogP) is 4.22. The molecule has 0 atom stereocenters. The fraction of sp³-hybridized carbons (Fsp3) is 0.0526. The van der Waals surface area contributed by atoms with Crippen molar-refractivity contribution in [1.82, 2.24) is 9.97 Å². The Kier molecular flexibility index (Phi) is 5.80. The van der Waals surface area contributed by atoms with Gasteiger partial charge in [0, 0.05) is 22.5 Å². The first-order chi connectivity index (χ1) is 12.7. The topological polar surface area (TPSA) is 90.7 Å². The molecular formula is C19H15N5OS. The van der Waals surface area contributed by atoms with Crippen LogP contribution < -0.4 is 10.6 Å². The zero-order chi connectivity index (χ0) is 18.2. The molecule has 0 unspecified atom stereocenters. The van der Waals surface area contributed by atoms with Crippen LogP contribution in [0.5, 0.6) is 0 Å². The number of anilines is 3. The van der Waals surface area contributed by atoms with Gasteiger partial charge in [0.1, 0.15) is 11.4 Å². The number of benzene rings is 2. The van der Waals surface area contributed by atoms with Crippen LogP contribution in [0.4, 0.5) is 17.3 Å². The van der Waals surface area contributed by atoms with E-state index in [4.69, 9.17) is 5.26 Å². The molecular weight excluding hydrogens is 346 g/mol. The van der Waals surface area contributed by atoms with Crippen molar-refractivity contribution in [2.24, 2.45) is 0 Å². The summed E-state index contributed by atoms with van der Waals surface area (Å²) in [6, 6.07) is 20.8. The van der Waals surface area contributed by atoms with Crippen LogP contribution in [0.15, 0.2) is 76.8 Å². The fourth-order valence-corrected chi connectivity index (χ4v) is 2.95. The predicted molar refractivity (Wildman–Crippen MR) is 101 cm³/mol. The molecule has 0 saturated heterocycles. The number of rotatable bonds is 6. The van der Waals surface area contributed by atoms with E-state index in [1.54, 1.807) is 36.2 Å². The van der Waals surface area contributed by atoms with Crippen LogP contribution in [-0.4, -0.2) is 15.9 Å². The zero-order valence-corrected chi connectivity index (χ0v) is 14.5. The van der Waals surface area contributed by atoms with Gasteiger partial charge in [0.05, 0.1) is 6.07 Å². The minimum atomic E-state index is -0.345. The van der Waals surface area contributed by atoms with E-state index in [1.165, 1.54) is 0 Å². The first-order valence-corrected chi connectivity index (χ1v) is 8.64. The van der Waals surface area contributed by atoms with E-state index in [-0.39, 0.29) is 12.3 Å². The Morgan fingerprint density at radius 2 is 1.88 bits per heavy atom. The molecule has 6 nitrogen and oxygen atoms in total. The SMILES string of the molecule is N#CCC(=O)Nc1cccc(Nc2nccc(Sc3ccccc3)n2)c1. The molecule has 1 amide bonds. The number of hydrogen-bond donors (Lipinski definition) is 2. The van der Waals surface area contributed by atoms with E-state index in [1.807, 2.05) is 48.5 Å². The molecule has 1 heterocycles. The fourth-order valence-electron chi connectivity index (χ4n) is 2.15. The molecule has 3 aromatic rings. The number of nitrogens with one attached hydrogen (secondary N) is 2. The minimum absolute atomic E-state index is 0.181. The van der Waals surface area contributed by atoms with Gasteiger partial charge in [0.15, 0.2) is 0 Å². The standard InChI is InChI=1S/C19H15N5OS/c20-11-9-17(25)22-14-5-4-6-15(13-14)23-19-21-12-10-18(24-19)26-16-7-2-1-3-8-16/h1-8,10,12-13H,9H2,(H,22,25)(H,21,23,24). The smallest absolute Gasteiger partial charge is 0.238 e. The first kappa shape index (κ1) is 17.5. The van der Waals surface area contributed by atoms with Crippen molar-refractivity contribution in [1.29, 1.82) is 5.26 Å². The third kappa shape index (κ3) is 5.06. The van der Waals surface area contributed by atoms with E-state index >= 15 is 0 Å². The third-order valence-corrected chi connectivity index (χ3v) is 4.18. The second-order valence-electron chi connectivity index (χ2n) is 5.22. The normalized spacial score (nSPS) is 9.96. The lowest BCUT2D eigenvalue weighted by molar-refractivity contribution is -0.115. The maximum absolute atomic E-state index is 11.5. The minimum Gasteiger partial charge on any atom is -0.325 e. The molecule has 3 rings (SSSR count). The van der Waals surface area contributed by atoms with E-state index < -0.39 is 0 Å². The van der Waals surface area contributed by atoms with Crippen LogP contribution >= 0.6 is 11.8 Å². The molecule has 128 valence electrons. The molecule has 0 bridgehead atoms. The summed E-state index contributed by atoms with van der Waals surface area (Å²) >= 11 is 1.55. The quantitative estimate of drug-likeness (QED) is 0.639. The van der Waals surface area contributed by atoms with Gasteiger partial charge in [-0.1, -0.05) is 36.0 Å². The Morgan fingerprint density at radius 3 is 2.69 bits per heavy atom. The number of hydrogen-bond acceptors (Lipinski definition) is 6. The molecule has 1 aromatic heterocycles. The van der Waals surface area contributed by atoms with Crippen molar-refractivity contribution in [3.8, 4) is 6.07 Å². The third-order valence-electron chi connectivity index (χ3n) is 3.24. The summed E-state index contributed by atoms with van der Waals surface area (Å²) < 4.78 is 0. The lowest BCUT2D eigenvalue weighted by Gasteiger charge is -2.08. The number of amides is 1. The first-order valence-electron chi connectivity index (χ1n) is 7.83. The summed E-state index contributed by atoms with van der Waals surface area (Å²) in [4.78, 5) is 21.3. The van der Waals surface area contributed by atoms with E-state index in [0.717, 1.165) is 15.6 Å². The second-order valence-corrected chi connectivity index (χ2v) is 6.32. The van der Waals surface area contributed by atoms with Crippen molar-refractivity contribution in [2.45, 2.75) is 16.3 Å². The average molecular weight is 361 g/mol. The maximum atomic E-state index is 11.5. The van der Waals surface area contributed by atoms with E-state index in [0.29, 0.717) is 11.6 Å². The van der Waals surface area contributed by atoms with Crippen LogP contribution in [0.1, 0.15) is 6.42 Å². The van der Waals surface area contributed by atoms with Crippen LogP contribution in [0.3, 0.4) is 0 Å². The van der Waals surface area contributed by atoms with E-state index in [9.17, 15) is 4.79 Å². The molecule has 7 heteroatoms. The maximum Gasteiger partial charge on any atom is 0.238 e. The summed E-state index contributed by atoms with van der Waals surface area (Å²) in [6.07, 6.45) is 1.51. The largest absolute Gasteiger partial charge is 0.325 e. The average Bonchev–Trinajstić information content (AvgIpc) is 2.63. The van der Waals surface area contributed by atoms with Crippen LogP contribution in [0.25, 0.3) is 0 Å². The molecule has 2 aromatic carbocycles. The Labute approximate surface area is 155 Å². The zero-order valence-electron chi connectivity index (χ0n) is 13.7. The number of carbonyl (C=O) groups is 1. The van der Waals surface area contributed by atoms with Gasteiger partial charge in [0.25, 0.3) is 0 Å². The van der Waals surface area contributed by atoms with E-state index in [2.05, 4.69) is 20.6 Å². The monoisotopic (exact) mass is 361 g/mol. The number of nitriles is 1. The van der Waals surface area contributed by atoms with Crippen molar-refractivity contribution in [2.75, 3.05) is 10.6 Å². The van der Waals surface area contributed by atoms with Crippen LogP contribution in [0.2, 0.25) is 0 Å². The molecule has 0 aliphatic rings. The van der Waals surface area contributed by atoms with Gasteiger partial charge in [-0.2, -0.15) is 5.26 Å². The lowest BCUT2D eigenvalue weighted by atomic mass is 10.2. The highest BCUT2D eigenvalue weighted by Gasteiger charge is 2.05. The Balaban J connectivity index is 1.70. The highest BCUT2D eigenvalue weighted by Crippen LogP contribution is 2.26. The van der Waals surface area contributed by atoms with Crippen molar-refractivity contribution < 1.29 is 4.79 Å². The van der Waals surface area contributed by atoms with Gasteiger partial charge in [0.2, 0.25) is 11.9 Å². The van der Waals surface area contributed by atoms with Gasteiger partial charge < -0.3 is 10.6 Å². The van der Waals surface area contributed by atoms with Crippen LogP contribution in [-0.2, 0) is 4.79 Å². The Hall–Kier alpha value is -3.37. The highest BCUT2D eigenvalue weighted by atomic mass is 32.2. The summed E-state index contributed by atoms with van der Waals surface area (Å²) in [6.45, 7) is 0. The van der Waals surface area contributed by atoms with Crippen molar-refractivity contribution in [3.05, 3.63) is 66.9 Å². The van der Waals surface area contributed by atoms with Gasteiger partial charge >= 0.3 is 0 Å². The number of aromatic nitrogens is 2. The van der Waals surface area contributed by atoms with Gasteiger partial charge in [-0.15, -0.1) is 0 Å². The molecule has 0 radical (unpaired) electrons. The van der Waals surface area contributed by atoms with Crippen molar-refractivity contribution in [3.63, 3.8) is 0 Å². The summed E-state index contributed by atoms with van der Waals surface area (Å²) in [5.74, 6) is 0.119. The molecule has 0 saturated carbocycles. The summed E-state index contributed by atoms with van der Waals surface area (Å²) in [5.41, 5.74) is 1.34. The van der Waals surface area contributed by atoms with Gasteiger partial charge in [-0.3, -0.25) is 4.79 Å². The molecule has 0 spiro atoms. The second kappa shape index (κ2) is 8.65. The van der Waals surface area contributed by atoms with Gasteiger partial charge in [-0.25, -0.2) is 9.97 Å². The number of carbonyl (C=O) groups excluding carboxylic acids is 1. The molecule has 0 aliphatic heterocycles. The molecule has 0 aliphatic carbocycles. The van der Waals surface area contributed by atoms with Gasteiger partial charge in [-0.05, 0) is 36.4 Å². The molecule has 2 N–H and O–H groups in total. The van der Waals surface area contributed by atoms with Crippen LogP contribution in [0, 0.1) is 11.3 Å². The van der Waals surface area contributed by atoms with Crippen molar-refractivity contribution >= 4 is 35.0 Å². The summed E-state index contributed by atoms with van der Waals surface area (Å²) in [7, 11) is 0.